The highest BCUT2D eigenvalue weighted by molar-refractivity contribution is 4.81. The van der Waals surface area contributed by atoms with Crippen molar-refractivity contribution in [2.24, 2.45) is 0 Å². The van der Waals surface area contributed by atoms with E-state index in [0.29, 0.717) is 0 Å². The Bertz CT molecular complexity index is 246. The molecule has 0 aromatic carbocycles. The highest BCUT2D eigenvalue weighted by atomic mass is 19.4. The molecule has 1 unspecified atom stereocenters. The fourth-order valence-electron chi connectivity index (χ4n) is 0.822. The number of halogens is 7. The first kappa shape index (κ1) is 13.5. The molecule has 96 valence electrons. The lowest BCUT2D eigenvalue weighted by Crippen LogP contribution is -2.46. The maximum atomic E-state index is 12.6. The number of alkyl halides is 7. The zero-order valence-electron chi connectivity index (χ0n) is 7.66. The van der Waals surface area contributed by atoms with E-state index in [2.05, 4.69) is 9.47 Å². The Labute approximate surface area is 85.3 Å². The van der Waals surface area contributed by atoms with Gasteiger partial charge in [-0.15, -0.1) is 0 Å². The van der Waals surface area contributed by atoms with Crippen molar-refractivity contribution >= 4 is 0 Å². The Morgan fingerprint density at radius 1 is 1.06 bits per heavy atom. The summed E-state index contributed by atoms with van der Waals surface area (Å²) in [5.74, 6) is -5.29. The molecule has 1 rings (SSSR count). The standard InChI is InChI=1S/C7H7F7O2/c8-5(9,3-6(10,11)12)7(13,14)16-2-4-1-15-4/h4H,1-3H2. The third-order valence-electron chi connectivity index (χ3n) is 1.70. The predicted molar refractivity (Wildman–Crippen MR) is 36.3 cm³/mol. The van der Waals surface area contributed by atoms with Gasteiger partial charge in [0, 0.05) is 0 Å². The second-order valence-electron chi connectivity index (χ2n) is 3.28. The van der Waals surface area contributed by atoms with Crippen LogP contribution in [0.15, 0.2) is 0 Å². The van der Waals surface area contributed by atoms with Crippen molar-refractivity contribution in [1.82, 2.24) is 0 Å². The van der Waals surface area contributed by atoms with Crippen LogP contribution in [0.2, 0.25) is 0 Å². The molecule has 1 fully saturated rings. The molecule has 9 heteroatoms. The Morgan fingerprint density at radius 3 is 1.94 bits per heavy atom. The molecule has 0 aliphatic carbocycles. The second-order valence-corrected chi connectivity index (χ2v) is 3.28. The SMILES string of the molecule is FC(F)(F)CC(F)(F)C(F)(F)OCC1CO1. The molecule has 0 spiro atoms. The zero-order valence-corrected chi connectivity index (χ0v) is 7.66. The predicted octanol–water partition coefficient (Wildman–Crippen LogP) is 2.58. The number of epoxide rings is 1. The Hall–Kier alpha value is -0.570. The van der Waals surface area contributed by atoms with Gasteiger partial charge < -0.3 is 9.47 Å². The van der Waals surface area contributed by atoms with E-state index >= 15 is 0 Å². The quantitative estimate of drug-likeness (QED) is 0.557. The largest absolute Gasteiger partial charge is 0.419 e. The van der Waals surface area contributed by atoms with Gasteiger partial charge in [-0.05, 0) is 0 Å². The van der Waals surface area contributed by atoms with Crippen molar-refractivity contribution in [2.75, 3.05) is 13.2 Å². The number of hydrogen-bond acceptors (Lipinski definition) is 2. The van der Waals surface area contributed by atoms with E-state index in [1.165, 1.54) is 0 Å². The maximum Gasteiger partial charge on any atom is 0.419 e. The van der Waals surface area contributed by atoms with E-state index in [9.17, 15) is 30.7 Å². The Kier molecular flexibility index (Phi) is 3.39. The van der Waals surface area contributed by atoms with E-state index in [4.69, 9.17) is 0 Å². The lowest BCUT2D eigenvalue weighted by Gasteiger charge is -2.26. The van der Waals surface area contributed by atoms with Gasteiger partial charge >= 0.3 is 18.2 Å². The smallest absolute Gasteiger partial charge is 0.371 e. The number of ether oxygens (including phenoxy) is 2. The summed E-state index contributed by atoms with van der Waals surface area (Å²) in [7, 11) is 0. The summed E-state index contributed by atoms with van der Waals surface area (Å²) in [5.41, 5.74) is 0. The molecule has 16 heavy (non-hydrogen) atoms. The van der Waals surface area contributed by atoms with Crippen LogP contribution in [0, 0.1) is 0 Å². The van der Waals surface area contributed by atoms with Crippen molar-refractivity contribution in [1.29, 1.82) is 0 Å². The van der Waals surface area contributed by atoms with Gasteiger partial charge in [-0.1, -0.05) is 0 Å². The third-order valence-corrected chi connectivity index (χ3v) is 1.70. The zero-order chi connectivity index (χ0) is 12.6. The molecule has 1 aliphatic heterocycles. The molecule has 0 bridgehead atoms. The summed E-state index contributed by atoms with van der Waals surface area (Å²) < 4.78 is 92.9. The molecular weight excluding hydrogens is 249 g/mol. The fraction of sp³-hybridized carbons (Fsp3) is 1.00. The van der Waals surface area contributed by atoms with Crippen LogP contribution >= 0.6 is 0 Å². The lowest BCUT2D eigenvalue weighted by atomic mass is 10.2. The van der Waals surface area contributed by atoms with Gasteiger partial charge in [0.05, 0.1) is 13.2 Å². The van der Waals surface area contributed by atoms with Crippen LogP contribution in [0.25, 0.3) is 0 Å². The Balaban J connectivity index is 2.55. The van der Waals surface area contributed by atoms with Gasteiger partial charge in [0.25, 0.3) is 0 Å². The molecule has 1 saturated heterocycles. The maximum absolute atomic E-state index is 12.6. The molecule has 0 aromatic heterocycles. The van der Waals surface area contributed by atoms with E-state index in [-0.39, 0.29) is 6.61 Å². The van der Waals surface area contributed by atoms with Crippen LogP contribution in [-0.4, -0.2) is 37.5 Å². The van der Waals surface area contributed by atoms with Crippen molar-refractivity contribution in [2.45, 2.75) is 30.7 Å². The van der Waals surface area contributed by atoms with Crippen LogP contribution in [-0.2, 0) is 9.47 Å². The van der Waals surface area contributed by atoms with E-state index in [1.54, 1.807) is 0 Å². The molecule has 0 amide bonds. The average Bonchev–Trinajstić information content (AvgIpc) is 2.78. The second kappa shape index (κ2) is 4.02. The van der Waals surface area contributed by atoms with Crippen LogP contribution in [0.5, 0.6) is 0 Å². The van der Waals surface area contributed by atoms with Crippen molar-refractivity contribution in [3.63, 3.8) is 0 Å². The van der Waals surface area contributed by atoms with E-state index in [1.807, 2.05) is 0 Å². The number of hydrogen-bond donors (Lipinski definition) is 0. The molecule has 0 aromatic rings. The first-order valence-corrected chi connectivity index (χ1v) is 4.11. The molecule has 0 radical (unpaired) electrons. The highest BCUT2D eigenvalue weighted by Gasteiger charge is 2.62. The summed E-state index contributed by atoms with van der Waals surface area (Å²) in [4.78, 5) is 0. The van der Waals surface area contributed by atoms with E-state index in [0.717, 1.165) is 0 Å². The molecule has 1 aliphatic rings. The fourth-order valence-corrected chi connectivity index (χ4v) is 0.822. The van der Waals surface area contributed by atoms with Crippen LogP contribution in [0.1, 0.15) is 6.42 Å². The van der Waals surface area contributed by atoms with Gasteiger partial charge in [0.15, 0.2) is 0 Å². The monoisotopic (exact) mass is 256 g/mol. The minimum Gasteiger partial charge on any atom is -0.371 e. The first-order chi connectivity index (χ1) is 7.04. The minimum atomic E-state index is -5.40. The summed E-state index contributed by atoms with van der Waals surface area (Å²) in [6.07, 6.45) is -14.2. The van der Waals surface area contributed by atoms with Crippen molar-refractivity contribution in [3.8, 4) is 0 Å². The van der Waals surface area contributed by atoms with Crippen LogP contribution < -0.4 is 0 Å². The van der Waals surface area contributed by atoms with E-state index < -0.39 is 37.3 Å². The normalized spacial score (nSPS) is 22.3. The molecule has 0 N–H and O–H groups in total. The summed E-state index contributed by atoms with van der Waals surface area (Å²) in [6, 6.07) is 0. The minimum absolute atomic E-state index is 0.0704. The van der Waals surface area contributed by atoms with Gasteiger partial charge in [-0.2, -0.15) is 30.7 Å². The molecule has 2 nitrogen and oxygen atoms in total. The Morgan fingerprint density at radius 2 is 1.56 bits per heavy atom. The summed E-state index contributed by atoms with van der Waals surface area (Å²) in [5, 5.41) is 0. The number of rotatable bonds is 5. The first-order valence-electron chi connectivity index (χ1n) is 4.11. The molecule has 0 saturated carbocycles. The van der Waals surface area contributed by atoms with Crippen molar-refractivity contribution in [3.05, 3.63) is 0 Å². The summed E-state index contributed by atoms with van der Waals surface area (Å²) in [6.45, 7) is -0.790. The lowest BCUT2D eigenvalue weighted by molar-refractivity contribution is -0.366. The molecular formula is C7H7F7O2. The summed E-state index contributed by atoms with van der Waals surface area (Å²) >= 11 is 0. The van der Waals surface area contributed by atoms with Crippen LogP contribution in [0.4, 0.5) is 30.7 Å². The highest BCUT2D eigenvalue weighted by Crippen LogP contribution is 2.43. The molecule has 1 heterocycles. The van der Waals surface area contributed by atoms with Crippen LogP contribution in [0.3, 0.4) is 0 Å². The van der Waals surface area contributed by atoms with Gasteiger partial charge in [0.1, 0.15) is 12.5 Å². The third kappa shape index (κ3) is 3.78. The topological polar surface area (TPSA) is 21.8 Å². The average molecular weight is 256 g/mol. The van der Waals surface area contributed by atoms with Gasteiger partial charge in [-0.3, -0.25) is 0 Å². The molecule has 1 atom stereocenters. The van der Waals surface area contributed by atoms with Gasteiger partial charge in [-0.25, -0.2) is 0 Å². The van der Waals surface area contributed by atoms with Gasteiger partial charge in [0.2, 0.25) is 0 Å². The van der Waals surface area contributed by atoms with Crippen molar-refractivity contribution < 1.29 is 40.2 Å².